The molecule has 0 saturated heterocycles. The molecule has 3 rings (SSSR count). The van der Waals surface area contributed by atoms with Gasteiger partial charge in [-0.2, -0.15) is 5.26 Å². The molecule has 2 aromatic carbocycles. The molecule has 0 bridgehead atoms. The predicted octanol–water partition coefficient (Wildman–Crippen LogP) is 4.67. The third kappa shape index (κ3) is 4.58. The molecule has 0 aliphatic carbocycles. The van der Waals surface area contributed by atoms with Crippen LogP contribution in [0, 0.1) is 11.3 Å². The maximum atomic E-state index is 12.3. The molecule has 0 atom stereocenters. The maximum absolute atomic E-state index is 12.3. The van der Waals surface area contributed by atoms with Crippen molar-refractivity contribution in [3.05, 3.63) is 70.6 Å². The van der Waals surface area contributed by atoms with Crippen LogP contribution >= 0.6 is 22.9 Å². The van der Waals surface area contributed by atoms with Crippen LogP contribution in [0.2, 0.25) is 5.02 Å². The van der Waals surface area contributed by atoms with Gasteiger partial charge in [-0.1, -0.05) is 48.0 Å². The second-order valence-electron chi connectivity index (χ2n) is 5.69. The van der Waals surface area contributed by atoms with E-state index in [2.05, 4.69) is 0 Å². The summed E-state index contributed by atoms with van der Waals surface area (Å²) in [6, 6.07) is 18.4. The van der Waals surface area contributed by atoms with Crippen molar-refractivity contribution in [3.63, 3.8) is 0 Å². The fourth-order valence-corrected chi connectivity index (χ4v) is 3.94. The fraction of sp³-hybridized carbons (Fsp3) is 0.0952. The molecule has 0 spiro atoms. The number of fused-ring (bicyclic) bond motifs is 1. The second-order valence-corrected chi connectivity index (χ2v) is 7.15. The van der Waals surface area contributed by atoms with E-state index in [9.17, 15) is 9.59 Å². The van der Waals surface area contributed by atoms with Gasteiger partial charge in [0.25, 0.3) is 5.91 Å². The quantitative estimate of drug-likeness (QED) is 0.336. The molecule has 28 heavy (non-hydrogen) atoms. The van der Waals surface area contributed by atoms with Crippen LogP contribution in [0.15, 0.2) is 60.7 Å². The zero-order valence-electron chi connectivity index (χ0n) is 14.7. The third-order valence-electron chi connectivity index (χ3n) is 3.87. The minimum atomic E-state index is -0.660. The number of esters is 1. The largest absolute Gasteiger partial charge is 0.452 e. The molecule has 0 radical (unpaired) electrons. The van der Waals surface area contributed by atoms with Crippen molar-refractivity contribution in [1.29, 1.82) is 5.26 Å². The average Bonchev–Trinajstić information content (AvgIpc) is 3.05. The molecule has 0 unspecified atom stereocenters. The lowest BCUT2D eigenvalue weighted by atomic mass is 10.2. The molecule has 1 aromatic heterocycles. The zero-order valence-corrected chi connectivity index (χ0v) is 16.2. The standard InChI is InChI=1S/C21H15ClN2O3S/c22-21-16-8-4-5-9-17(16)28-18(21)10-11-20(26)27-14-19(25)24(13-12-23)15-6-2-1-3-7-15/h1-11H,13-14H2/b11-10+. The molecular weight excluding hydrogens is 396 g/mol. The van der Waals surface area contributed by atoms with Crippen LogP contribution < -0.4 is 4.90 Å². The Hall–Kier alpha value is -3.14. The smallest absolute Gasteiger partial charge is 0.331 e. The highest BCUT2D eigenvalue weighted by Gasteiger charge is 2.16. The molecule has 0 aliphatic heterocycles. The highest BCUT2D eigenvalue weighted by atomic mass is 35.5. The van der Waals surface area contributed by atoms with E-state index >= 15 is 0 Å². The molecule has 3 aromatic rings. The summed E-state index contributed by atoms with van der Waals surface area (Å²) in [5.74, 6) is -1.14. The lowest BCUT2D eigenvalue weighted by molar-refractivity contribution is -0.142. The van der Waals surface area contributed by atoms with Crippen molar-refractivity contribution in [1.82, 2.24) is 0 Å². The summed E-state index contributed by atoms with van der Waals surface area (Å²) in [6.07, 6.45) is 2.81. The first kappa shape index (κ1) is 19.6. The van der Waals surface area contributed by atoms with E-state index in [1.165, 1.54) is 22.3 Å². The van der Waals surface area contributed by atoms with Gasteiger partial charge < -0.3 is 4.74 Å². The van der Waals surface area contributed by atoms with Gasteiger partial charge in [-0.3, -0.25) is 9.69 Å². The molecular formula is C21H15ClN2O3S. The predicted molar refractivity (Wildman–Crippen MR) is 111 cm³/mol. The number of nitrogens with zero attached hydrogens (tertiary/aromatic N) is 2. The first-order chi connectivity index (χ1) is 13.6. The number of hydrogen-bond acceptors (Lipinski definition) is 5. The summed E-state index contributed by atoms with van der Waals surface area (Å²) < 4.78 is 6.04. The van der Waals surface area contributed by atoms with Crippen molar-refractivity contribution in [2.75, 3.05) is 18.1 Å². The van der Waals surface area contributed by atoms with E-state index in [1.54, 1.807) is 30.3 Å². The van der Waals surface area contributed by atoms with Gasteiger partial charge in [-0.15, -0.1) is 11.3 Å². The molecule has 0 saturated carbocycles. The van der Waals surface area contributed by atoms with Gasteiger partial charge >= 0.3 is 5.97 Å². The SMILES string of the molecule is N#CCN(C(=O)COC(=O)/C=C/c1sc2ccccc2c1Cl)c1ccccc1. The van der Waals surface area contributed by atoms with Crippen LogP contribution in [-0.2, 0) is 14.3 Å². The number of carbonyl (C=O) groups excluding carboxylic acids is 2. The van der Waals surface area contributed by atoms with Crippen molar-refractivity contribution in [2.24, 2.45) is 0 Å². The number of benzene rings is 2. The molecule has 1 amide bonds. The van der Waals surface area contributed by atoms with Crippen LogP contribution in [0.5, 0.6) is 0 Å². The minimum absolute atomic E-state index is 0.131. The maximum Gasteiger partial charge on any atom is 0.331 e. The first-order valence-corrected chi connectivity index (χ1v) is 9.54. The summed E-state index contributed by atoms with van der Waals surface area (Å²) in [7, 11) is 0. The Morgan fingerprint density at radius 2 is 1.86 bits per heavy atom. The van der Waals surface area contributed by atoms with Gasteiger partial charge in [0.1, 0.15) is 6.54 Å². The third-order valence-corrected chi connectivity index (χ3v) is 5.52. The lowest BCUT2D eigenvalue weighted by Crippen LogP contribution is -2.34. The number of halogens is 1. The average molecular weight is 411 g/mol. The van der Waals surface area contributed by atoms with E-state index in [0.29, 0.717) is 10.7 Å². The number of para-hydroxylation sites is 1. The van der Waals surface area contributed by atoms with E-state index in [0.717, 1.165) is 15.0 Å². The molecule has 0 fully saturated rings. The van der Waals surface area contributed by atoms with Gasteiger partial charge in [0.15, 0.2) is 6.61 Å². The normalized spacial score (nSPS) is 10.7. The Labute approximate surface area is 171 Å². The van der Waals surface area contributed by atoms with Crippen molar-refractivity contribution >= 4 is 56.7 Å². The monoisotopic (exact) mass is 410 g/mol. The van der Waals surface area contributed by atoms with Crippen molar-refractivity contribution in [3.8, 4) is 6.07 Å². The fourth-order valence-electron chi connectivity index (χ4n) is 2.54. The summed E-state index contributed by atoms with van der Waals surface area (Å²) >= 11 is 7.79. The number of nitriles is 1. The van der Waals surface area contributed by atoms with Crippen molar-refractivity contribution < 1.29 is 14.3 Å². The van der Waals surface area contributed by atoms with Gasteiger partial charge in [-0.05, 0) is 24.3 Å². The number of thiophene rings is 1. The molecule has 0 aliphatic rings. The number of ether oxygens (including phenoxy) is 1. The number of amides is 1. The highest BCUT2D eigenvalue weighted by molar-refractivity contribution is 7.20. The molecule has 0 N–H and O–H groups in total. The summed E-state index contributed by atoms with van der Waals surface area (Å²) in [5.41, 5.74) is 0.567. The molecule has 1 heterocycles. The minimum Gasteiger partial charge on any atom is -0.452 e. The lowest BCUT2D eigenvalue weighted by Gasteiger charge is -2.19. The van der Waals surface area contributed by atoms with Gasteiger partial charge in [-0.25, -0.2) is 4.79 Å². The van der Waals surface area contributed by atoms with Crippen LogP contribution in [0.25, 0.3) is 16.2 Å². The number of rotatable bonds is 6. The Morgan fingerprint density at radius 3 is 2.57 bits per heavy atom. The van der Waals surface area contributed by atoms with Crippen LogP contribution in [0.4, 0.5) is 5.69 Å². The Balaban J connectivity index is 1.62. The van der Waals surface area contributed by atoms with Gasteiger partial charge in [0.2, 0.25) is 0 Å². The van der Waals surface area contributed by atoms with E-state index in [4.69, 9.17) is 21.6 Å². The topological polar surface area (TPSA) is 70.4 Å². The van der Waals surface area contributed by atoms with Crippen LogP contribution in [0.3, 0.4) is 0 Å². The highest BCUT2D eigenvalue weighted by Crippen LogP contribution is 2.35. The van der Waals surface area contributed by atoms with Gasteiger partial charge in [0, 0.05) is 26.7 Å². The summed E-state index contributed by atoms with van der Waals surface area (Å²) in [5, 5.41) is 10.4. The van der Waals surface area contributed by atoms with E-state index < -0.39 is 18.5 Å². The number of carbonyl (C=O) groups is 2. The number of hydrogen-bond donors (Lipinski definition) is 0. The van der Waals surface area contributed by atoms with E-state index in [-0.39, 0.29) is 6.54 Å². The number of anilines is 1. The summed E-state index contributed by atoms with van der Waals surface area (Å²) in [6.45, 7) is -0.590. The molecule has 140 valence electrons. The Morgan fingerprint density at radius 1 is 1.14 bits per heavy atom. The van der Waals surface area contributed by atoms with Crippen molar-refractivity contribution in [2.45, 2.75) is 0 Å². The summed E-state index contributed by atoms with van der Waals surface area (Å²) in [4.78, 5) is 26.3. The van der Waals surface area contributed by atoms with E-state index in [1.807, 2.05) is 36.4 Å². The molecule has 7 heteroatoms. The zero-order chi connectivity index (χ0) is 19.9. The first-order valence-electron chi connectivity index (χ1n) is 8.34. The van der Waals surface area contributed by atoms with Crippen LogP contribution in [-0.4, -0.2) is 25.0 Å². The Bertz CT molecular complexity index is 1070. The van der Waals surface area contributed by atoms with Gasteiger partial charge in [0.05, 0.1) is 11.1 Å². The van der Waals surface area contributed by atoms with Crippen LogP contribution in [0.1, 0.15) is 4.88 Å². The second kappa shape index (κ2) is 9.18. The molecule has 5 nitrogen and oxygen atoms in total. The Kier molecular flexibility index (Phi) is 6.43.